The zero-order valence-electron chi connectivity index (χ0n) is 18.3. The molecule has 29 heavy (non-hydrogen) atoms. The molecular weight excluding hydrogens is 399 g/mol. The highest BCUT2D eigenvalue weighted by Crippen LogP contribution is 2.50. The Morgan fingerprint density at radius 2 is 1.93 bits per heavy atom. The summed E-state index contributed by atoms with van der Waals surface area (Å²) in [5.74, 6) is 0.0122. The molecule has 1 aliphatic heterocycles. The summed E-state index contributed by atoms with van der Waals surface area (Å²) in [6.45, 7) is 15.0. The van der Waals surface area contributed by atoms with Gasteiger partial charge in [0.1, 0.15) is 17.5 Å². The lowest BCUT2D eigenvalue weighted by Gasteiger charge is -2.35. The average molecular weight is 435 g/mol. The van der Waals surface area contributed by atoms with E-state index in [0.717, 1.165) is 0 Å². The van der Waals surface area contributed by atoms with E-state index in [1.165, 1.54) is 0 Å². The third-order valence-electron chi connectivity index (χ3n) is 5.11. The Hall–Kier alpha value is -0.470. The highest BCUT2D eigenvalue weighted by molar-refractivity contribution is 7.46. The maximum Gasteiger partial charge on any atom is 0.319 e. The Morgan fingerprint density at radius 1 is 1.28 bits per heavy atom. The van der Waals surface area contributed by atoms with E-state index in [1.807, 2.05) is 41.5 Å². The van der Waals surface area contributed by atoms with Gasteiger partial charge in [-0.3, -0.25) is 4.57 Å². The van der Waals surface area contributed by atoms with Crippen LogP contribution in [0.4, 0.5) is 0 Å². The van der Waals surface area contributed by atoms with Crippen LogP contribution >= 0.6 is 7.82 Å². The highest BCUT2D eigenvalue weighted by Gasteiger charge is 2.48. The molecule has 8 nitrogen and oxygen atoms in total. The van der Waals surface area contributed by atoms with Gasteiger partial charge in [0.25, 0.3) is 0 Å². The third kappa shape index (κ3) is 7.03. The minimum atomic E-state index is -4.79. The average Bonchev–Trinajstić information content (AvgIpc) is 3.03. The largest absolute Gasteiger partial charge is 0.746 e. The lowest BCUT2D eigenvalue weighted by molar-refractivity contribution is -0.235. The van der Waals surface area contributed by atoms with Crippen LogP contribution in [0.3, 0.4) is 0 Å². The van der Waals surface area contributed by atoms with Gasteiger partial charge in [-0.15, -0.1) is 0 Å². The van der Waals surface area contributed by atoms with Gasteiger partial charge in [0.15, 0.2) is 0 Å². The second-order valence-corrected chi connectivity index (χ2v) is 10.2. The van der Waals surface area contributed by atoms with E-state index >= 15 is 0 Å². The molecule has 2 fully saturated rings. The van der Waals surface area contributed by atoms with Crippen LogP contribution in [-0.4, -0.2) is 53.9 Å². The summed E-state index contributed by atoms with van der Waals surface area (Å²) in [7, 11) is -4.79. The van der Waals surface area contributed by atoms with Gasteiger partial charge in [-0.25, -0.2) is 0 Å². The first kappa shape index (κ1) is 24.8. The maximum atomic E-state index is 12.6. The fourth-order valence-corrected chi connectivity index (χ4v) is 5.01. The SMILES string of the molecule is C=C(OP(=O)([O-])O[C@@H]1C[C@H](C)C[C@]1(O)COC(C)C)[C@H]1O[C@@H](C)C[C@H]1OC(C)C. The van der Waals surface area contributed by atoms with Gasteiger partial charge in [0, 0.05) is 6.42 Å². The number of phosphoric acid groups is 1. The first-order valence-electron chi connectivity index (χ1n) is 10.3. The smallest absolute Gasteiger partial charge is 0.319 e. The van der Waals surface area contributed by atoms with Gasteiger partial charge < -0.3 is 33.3 Å². The summed E-state index contributed by atoms with van der Waals surface area (Å²) >= 11 is 0. The Kier molecular flexibility index (Phi) is 8.36. The van der Waals surface area contributed by atoms with Crippen LogP contribution in [0.5, 0.6) is 0 Å². The minimum Gasteiger partial charge on any atom is -0.746 e. The molecule has 2 rings (SSSR count). The van der Waals surface area contributed by atoms with Crippen LogP contribution in [0.1, 0.15) is 60.8 Å². The molecule has 0 spiro atoms. The molecule has 2 aliphatic rings. The lowest BCUT2D eigenvalue weighted by Crippen LogP contribution is -2.44. The molecule has 0 bridgehead atoms. The minimum absolute atomic E-state index is 0.00578. The van der Waals surface area contributed by atoms with Crippen LogP contribution in [0.25, 0.3) is 0 Å². The molecule has 1 aliphatic carbocycles. The molecule has 1 N–H and O–H groups in total. The summed E-state index contributed by atoms with van der Waals surface area (Å²) in [5, 5.41) is 10.9. The monoisotopic (exact) mass is 435 g/mol. The third-order valence-corrected chi connectivity index (χ3v) is 6.09. The molecule has 0 aromatic rings. The maximum absolute atomic E-state index is 12.6. The van der Waals surface area contributed by atoms with Crippen molar-refractivity contribution in [2.24, 2.45) is 5.92 Å². The molecular formula is C20H36O8P-. The summed E-state index contributed by atoms with van der Waals surface area (Å²) in [5.41, 5.74) is -1.39. The van der Waals surface area contributed by atoms with E-state index in [2.05, 4.69) is 6.58 Å². The van der Waals surface area contributed by atoms with Crippen molar-refractivity contribution in [3.05, 3.63) is 12.3 Å². The summed E-state index contributed by atoms with van der Waals surface area (Å²) in [6, 6.07) is 0. The number of ether oxygens (including phenoxy) is 3. The van der Waals surface area contributed by atoms with Gasteiger partial charge in [-0.05, 0) is 53.4 Å². The van der Waals surface area contributed by atoms with E-state index in [0.29, 0.717) is 19.3 Å². The fourth-order valence-electron chi connectivity index (χ4n) is 3.98. The standard InChI is InChI=1S/C20H37O8P/c1-12(2)24-11-20(21)10-14(5)8-18(20)28-29(22,23)27-16(7)19-17(25-13(3)4)9-15(6)26-19/h12-15,17-19,21H,7-11H2,1-6H3,(H,22,23)/p-1/t14-,15-,17+,18+,19+,20-/m0/s1. The molecule has 7 atom stereocenters. The van der Waals surface area contributed by atoms with Crippen molar-refractivity contribution in [1.82, 2.24) is 0 Å². The van der Waals surface area contributed by atoms with E-state index < -0.39 is 25.6 Å². The molecule has 0 radical (unpaired) electrons. The highest BCUT2D eigenvalue weighted by atomic mass is 31.2. The van der Waals surface area contributed by atoms with Gasteiger partial charge >= 0.3 is 7.82 Å². The van der Waals surface area contributed by atoms with Gasteiger partial charge in [0.05, 0.1) is 37.1 Å². The van der Waals surface area contributed by atoms with E-state index in [4.69, 9.17) is 23.3 Å². The van der Waals surface area contributed by atoms with Crippen molar-refractivity contribution in [2.75, 3.05) is 6.61 Å². The first-order chi connectivity index (χ1) is 13.3. The Labute approximate surface area is 174 Å². The Balaban J connectivity index is 2.02. The van der Waals surface area contributed by atoms with Gasteiger partial charge in [-0.2, -0.15) is 0 Å². The predicted molar refractivity (Wildman–Crippen MR) is 106 cm³/mol. The second kappa shape index (κ2) is 9.77. The first-order valence-corrected chi connectivity index (χ1v) is 11.8. The second-order valence-electron chi connectivity index (χ2n) is 8.93. The van der Waals surface area contributed by atoms with Crippen molar-refractivity contribution < 1.29 is 37.8 Å². The van der Waals surface area contributed by atoms with Crippen LogP contribution < -0.4 is 4.89 Å². The normalized spacial score (nSPS) is 37.2. The molecule has 1 saturated heterocycles. The molecule has 0 amide bonds. The van der Waals surface area contributed by atoms with E-state index in [1.54, 1.807) is 0 Å². The van der Waals surface area contributed by atoms with Crippen LogP contribution in [-0.2, 0) is 27.8 Å². The Bertz CT molecular complexity index is 609. The molecule has 1 heterocycles. The van der Waals surface area contributed by atoms with Gasteiger partial charge in [-0.1, -0.05) is 13.5 Å². The van der Waals surface area contributed by atoms with Crippen LogP contribution in [0.2, 0.25) is 0 Å². The number of rotatable bonds is 10. The van der Waals surface area contributed by atoms with E-state index in [9.17, 15) is 14.6 Å². The lowest BCUT2D eigenvalue weighted by atomic mass is 10.0. The Morgan fingerprint density at radius 3 is 2.52 bits per heavy atom. The molecule has 1 saturated carbocycles. The molecule has 9 heteroatoms. The number of aliphatic hydroxyl groups is 1. The summed E-state index contributed by atoms with van der Waals surface area (Å²) in [6.07, 6.45) is -0.857. The predicted octanol–water partition coefficient (Wildman–Crippen LogP) is 2.93. The zero-order chi connectivity index (χ0) is 22.0. The number of phosphoric ester groups is 1. The van der Waals surface area contributed by atoms with Crippen molar-refractivity contribution in [1.29, 1.82) is 0 Å². The van der Waals surface area contributed by atoms with Crippen LogP contribution in [0, 0.1) is 5.92 Å². The van der Waals surface area contributed by atoms with E-state index in [-0.39, 0.29) is 42.7 Å². The molecule has 1 unspecified atom stereocenters. The molecule has 0 aromatic heterocycles. The summed E-state index contributed by atoms with van der Waals surface area (Å²) in [4.78, 5) is 12.6. The number of hydrogen-bond donors (Lipinski definition) is 1. The zero-order valence-corrected chi connectivity index (χ0v) is 19.2. The topological polar surface area (TPSA) is 107 Å². The molecule has 170 valence electrons. The van der Waals surface area contributed by atoms with Crippen LogP contribution in [0.15, 0.2) is 12.3 Å². The fraction of sp³-hybridized carbons (Fsp3) is 0.900. The van der Waals surface area contributed by atoms with Gasteiger partial charge in [0.2, 0.25) is 0 Å². The number of hydrogen-bond acceptors (Lipinski definition) is 8. The van der Waals surface area contributed by atoms with Crippen molar-refractivity contribution in [3.8, 4) is 0 Å². The van der Waals surface area contributed by atoms with Crippen molar-refractivity contribution >= 4 is 7.82 Å². The molecule has 0 aromatic carbocycles. The van der Waals surface area contributed by atoms with Crippen molar-refractivity contribution in [2.45, 2.75) is 103 Å². The summed E-state index contributed by atoms with van der Waals surface area (Å²) < 4.78 is 40.1. The van der Waals surface area contributed by atoms with Crippen molar-refractivity contribution in [3.63, 3.8) is 0 Å². The quantitative estimate of drug-likeness (QED) is 0.412.